The minimum atomic E-state index is -3.68. The lowest BCUT2D eigenvalue weighted by molar-refractivity contribution is 0.249. The molecular weight excluding hydrogens is 450 g/mol. The van der Waals surface area contributed by atoms with Crippen molar-refractivity contribution in [2.75, 3.05) is 26.2 Å². The number of hydrogen-bond donors (Lipinski definition) is 0. The largest absolute Gasteiger partial charge is 0.494 e. The fraction of sp³-hybridized carbons (Fsp3) is 0.259. The van der Waals surface area contributed by atoms with E-state index >= 15 is 0 Å². The second kappa shape index (κ2) is 10.5. The normalized spacial score (nSPS) is 11.8. The Labute approximate surface area is 200 Å². The zero-order valence-electron chi connectivity index (χ0n) is 19.0. The molecule has 4 aromatic rings. The zero-order chi connectivity index (χ0) is 23.3. The Morgan fingerprint density at radius 3 is 2.21 bits per heavy atom. The van der Waals surface area contributed by atoms with Gasteiger partial charge in [-0.2, -0.15) is 0 Å². The van der Waals surface area contributed by atoms with Crippen LogP contribution in [-0.2, 0) is 9.84 Å². The number of rotatable bonds is 10. The van der Waals surface area contributed by atoms with E-state index in [1.165, 1.54) is 11.3 Å². The molecule has 0 aliphatic carbocycles. The van der Waals surface area contributed by atoms with Crippen molar-refractivity contribution in [3.8, 4) is 16.9 Å². The molecule has 0 fully saturated rings. The van der Waals surface area contributed by atoms with Crippen LogP contribution in [0.3, 0.4) is 0 Å². The molecule has 0 unspecified atom stereocenters. The van der Waals surface area contributed by atoms with Gasteiger partial charge < -0.3 is 9.64 Å². The van der Waals surface area contributed by atoms with Crippen LogP contribution in [0.4, 0.5) is 0 Å². The van der Waals surface area contributed by atoms with Crippen molar-refractivity contribution >= 4 is 31.3 Å². The number of ether oxygens (including phenoxy) is 1. The molecule has 0 bridgehead atoms. The van der Waals surface area contributed by atoms with Gasteiger partial charge in [0.05, 0.1) is 11.5 Å². The van der Waals surface area contributed by atoms with Crippen LogP contribution >= 0.6 is 11.3 Å². The van der Waals surface area contributed by atoms with Crippen molar-refractivity contribution in [1.82, 2.24) is 4.90 Å². The molecular formula is C27H29NO3S2. The second-order valence-corrected chi connectivity index (χ2v) is 11.0. The predicted molar refractivity (Wildman–Crippen MR) is 137 cm³/mol. The zero-order valence-corrected chi connectivity index (χ0v) is 20.7. The smallest absolute Gasteiger partial charge is 0.216 e. The van der Waals surface area contributed by atoms with E-state index in [2.05, 4.69) is 18.7 Å². The van der Waals surface area contributed by atoms with E-state index in [9.17, 15) is 8.42 Å². The number of fused-ring (bicyclic) bond motifs is 1. The Balaban J connectivity index is 1.59. The number of hydrogen-bond acceptors (Lipinski definition) is 5. The third kappa shape index (κ3) is 5.13. The summed E-state index contributed by atoms with van der Waals surface area (Å²) in [5.74, 6) is 0.688. The van der Waals surface area contributed by atoms with Crippen LogP contribution in [-0.4, -0.2) is 39.6 Å². The summed E-state index contributed by atoms with van der Waals surface area (Å²) in [5, 5.41) is 0.959. The molecule has 3 aromatic carbocycles. The van der Waals surface area contributed by atoms with Crippen LogP contribution in [0.15, 0.2) is 88.0 Å². The van der Waals surface area contributed by atoms with Crippen molar-refractivity contribution in [1.29, 1.82) is 0 Å². The number of benzene rings is 3. The van der Waals surface area contributed by atoms with E-state index in [0.717, 1.165) is 47.3 Å². The first kappa shape index (κ1) is 23.5. The summed E-state index contributed by atoms with van der Waals surface area (Å²) in [6.07, 6.45) is 0.934. The second-order valence-electron chi connectivity index (χ2n) is 7.83. The summed E-state index contributed by atoms with van der Waals surface area (Å²) in [7, 11) is -3.68. The fourth-order valence-corrected chi connectivity index (χ4v) is 7.09. The highest BCUT2D eigenvalue weighted by Crippen LogP contribution is 2.43. The van der Waals surface area contributed by atoms with Crippen molar-refractivity contribution in [2.24, 2.45) is 0 Å². The summed E-state index contributed by atoms with van der Waals surface area (Å²) < 4.78 is 34.5. The van der Waals surface area contributed by atoms with Gasteiger partial charge in [-0.05, 0) is 55.4 Å². The topological polar surface area (TPSA) is 46.6 Å². The highest BCUT2D eigenvalue weighted by atomic mass is 32.2. The minimum absolute atomic E-state index is 0.279. The van der Waals surface area contributed by atoms with Crippen LogP contribution in [0.5, 0.6) is 5.75 Å². The first-order valence-electron chi connectivity index (χ1n) is 11.3. The Bertz CT molecular complexity index is 1290. The lowest BCUT2D eigenvalue weighted by atomic mass is 10.1. The highest BCUT2D eigenvalue weighted by Gasteiger charge is 2.26. The molecule has 33 heavy (non-hydrogen) atoms. The quantitative estimate of drug-likeness (QED) is 0.243. The highest BCUT2D eigenvalue weighted by molar-refractivity contribution is 7.93. The first-order chi connectivity index (χ1) is 16.0. The van der Waals surface area contributed by atoms with Gasteiger partial charge in [0.15, 0.2) is 0 Å². The van der Waals surface area contributed by atoms with E-state index < -0.39 is 9.84 Å². The van der Waals surface area contributed by atoms with Gasteiger partial charge in [-0.3, -0.25) is 0 Å². The molecule has 172 valence electrons. The molecule has 0 amide bonds. The maximum Gasteiger partial charge on any atom is 0.216 e. The van der Waals surface area contributed by atoms with Gasteiger partial charge >= 0.3 is 0 Å². The average Bonchev–Trinajstić information content (AvgIpc) is 3.26. The van der Waals surface area contributed by atoms with Crippen LogP contribution in [0.25, 0.3) is 21.2 Å². The van der Waals surface area contributed by atoms with Gasteiger partial charge in [0.1, 0.15) is 9.96 Å². The summed E-state index contributed by atoms with van der Waals surface area (Å²) in [4.78, 5) is 2.63. The average molecular weight is 480 g/mol. The van der Waals surface area contributed by atoms with E-state index in [4.69, 9.17) is 4.74 Å². The Hall–Kier alpha value is -2.67. The van der Waals surface area contributed by atoms with E-state index in [-0.39, 0.29) is 4.90 Å². The molecule has 4 nitrogen and oxygen atoms in total. The minimum Gasteiger partial charge on any atom is -0.494 e. The third-order valence-corrected chi connectivity index (χ3v) is 9.24. The fourth-order valence-electron chi connectivity index (χ4n) is 3.93. The maximum absolute atomic E-state index is 13.7. The SMILES string of the molecule is CCN(CC)CCCOc1ccc(S(=O)(=O)c2sc3ccccc3c2-c2ccccc2)cc1. The lowest BCUT2D eigenvalue weighted by Gasteiger charge is -2.17. The molecule has 4 rings (SSSR count). The molecule has 0 aliphatic heterocycles. The first-order valence-corrected chi connectivity index (χ1v) is 13.6. The third-order valence-electron chi connectivity index (χ3n) is 5.79. The number of sulfone groups is 1. The van der Waals surface area contributed by atoms with Gasteiger partial charge in [-0.15, -0.1) is 11.3 Å². The molecule has 0 radical (unpaired) electrons. The summed E-state index contributed by atoms with van der Waals surface area (Å²) in [6.45, 7) is 7.98. The molecule has 0 atom stereocenters. The van der Waals surface area contributed by atoms with Crippen LogP contribution in [0.1, 0.15) is 20.3 Å². The number of nitrogens with zero attached hydrogens (tertiary/aromatic N) is 1. The number of thiophene rings is 1. The molecule has 6 heteroatoms. The van der Waals surface area contributed by atoms with E-state index in [0.29, 0.717) is 16.6 Å². The molecule has 1 heterocycles. The standard InChI is InChI=1S/C27H29NO3S2/c1-3-28(4-2)19-10-20-31-22-15-17-23(18-16-22)33(29,30)27-26(21-11-6-5-7-12-21)24-13-8-9-14-25(24)32-27/h5-9,11-18H,3-4,10,19-20H2,1-2H3. The van der Waals surface area contributed by atoms with Crippen molar-refractivity contribution < 1.29 is 13.2 Å². The Morgan fingerprint density at radius 1 is 0.848 bits per heavy atom. The molecule has 1 aromatic heterocycles. The van der Waals surface area contributed by atoms with Crippen molar-refractivity contribution in [3.05, 3.63) is 78.9 Å². The Morgan fingerprint density at radius 2 is 1.52 bits per heavy atom. The summed E-state index contributed by atoms with van der Waals surface area (Å²) in [5.41, 5.74) is 1.68. The van der Waals surface area contributed by atoms with E-state index in [1.54, 1.807) is 24.3 Å². The monoisotopic (exact) mass is 479 g/mol. The van der Waals surface area contributed by atoms with Gasteiger partial charge in [0, 0.05) is 22.2 Å². The molecule has 0 saturated carbocycles. The van der Waals surface area contributed by atoms with Gasteiger partial charge in [0.25, 0.3) is 0 Å². The van der Waals surface area contributed by atoms with Gasteiger partial charge in [-0.25, -0.2) is 8.42 Å². The van der Waals surface area contributed by atoms with Crippen LogP contribution in [0, 0.1) is 0 Å². The molecule has 0 saturated heterocycles. The van der Waals surface area contributed by atoms with Crippen LogP contribution in [0.2, 0.25) is 0 Å². The van der Waals surface area contributed by atoms with Gasteiger partial charge in [-0.1, -0.05) is 62.4 Å². The lowest BCUT2D eigenvalue weighted by Crippen LogP contribution is -2.25. The van der Waals surface area contributed by atoms with Crippen molar-refractivity contribution in [2.45, 2.75) is 29.4 Å². The Kier molecular flexibility index (Phi) is 7.48. The van der Waals surface area contributed by atoms with Crippen LogP contribution < -0.4 is 4.74 Å². The van der Waals surface area contributed by atoms with E-state index in [1.807, 2.05) is 54.6 Å². The summed E-state index contributed by atoms with van der Waals surface area (Å²) in [6, 6.07) is 24.4. The maximum atomic E-state index is 13.7. The molecule has 0 N–H and O–H groups in total. The molecule has 0 spiro atoms. The van der Waals surface area contributed by atoms with Gasteiger partial charge in [0.2, 0.25) is 9.84 Å². The van der Waals surface area contributed by atoms with Crippen molar-refractivity contribution in [3.63, 3.8) is 0 Å². The molecule has 0 aliphatic rings. The predicted octanol–water partition coefficient (Wildman–Crippen LogP) is 6.51. The summed E-state index contributed by atoms with van der Waals surface area (Å²) >= 11 is 1.32.